The van der Waals surface area contributed by atoms with Crippen molar-refractivity contribution in [1.29, 1.82) is 0 Å². The molecule has 9 heteroatoms. The molecule has 3 amide bonds. The van der Waals surface area contributed by atoms with E-state index in [0.29, 0.717) is 62.3 Å². The van der Waals surface area contributed by atoms with Crippen molar-refractivity contribution in [3.05, 3.63) is 48.2 Å². The lowest BCUT2D eigenvalue weighted by Crippen LogP contribution is -2.43. The molecule has 0 radical (unpaired) electrons. The number of carbonyl (C=O) groups excluding carboxylic acids is 2. The number of carbonyl (C=O) groups is 2. The molecule has 8 nitrogen and oxygen atoms in total. The Morgan fingerprint density at radius 1 is 1.25 bits per heavy atom. The van der Waals surface area contributed by atoms with Gasteiger partial charge in [0.05, 0.1) is 12.8 Å². The summed E-state index contributed by atoms with van der Waals surface area (Å²) < 4.78 is 19.4. The van der Waals surface area contributed by atoms with Gasteiger partial charge in [-0.25, -0.2) is 14.2 Å². The third kappa shape index (κ3) is 5.33. The van der Waals surface area contributed by atoms with Crippen LogP contribution in [0.1, 0.15) is 24.8 Å². The van der Waals surface area contributed by atoms with E-state index in [-0.39, 0.29) is 23.7 Å². The van der Waals surface area contributed by atoms with Gasteiger partial charge < -0.3 is 19.9 Å². The zero-order chi connectivity index (χ0) is 22.5. The predicted octanol–water partition coefficient (Wildman–Crippen LogP) is 3.10. The zero-order valence-corrected chi connectivity index (χ0v) is 18.2. The average Bonchev–Trinajstić information content (AvgIpc) is 3.15. The molecule has 0 bridgehead atoms. The zero-order valence-electron chi connectivity index (χ0n) is 18.2. The van der Waals surface area contributed by atoms with E-state index in [1.807, 2.05) is 4.90 Å². The summed E-state index contributed by atoms with van der Waals surface area (Å²) >= 11 is 0. The molecule has 1 aromatic carbocycles. The maximum atomic E-state index is 13.7. The number of anilines is 1. The van der Waals surface area contributed by atoms with Gasteiger partial charge in [-0.3, -0.25) is 9.78 Å². The highest BCUT2D eigenvalue weighted by Crippen LogP contribution is 2.25. The summed E-state index contributed by atoms with van der Waals surface area (Å²) in [6.07, 6.45) is 6.88. The normalized spacial score (nSPS) is 19.3. The lowest BCUT2D eigenvalue weighted by molar-refractivity contribution is -0.128. The van der Waals surface area contributed by atoms with Crippen molar-refractivity contribution in [2.75, 3.05) is 38.1 Å². The number of benzene rings is 1. The molecule has 0 aliphatic carbocycles. The van der Waals surface area contributed by atoms with Crippen LogP contribution in [0.15, 0.2) is 36.8 Å². The van der Waals surface area contributed by atoms with Crippen LogP contribution in [0, 0.1) is 24.6 Å². The largest absolute Gasteiger partial charge is 0.476 e. The number of piperidine rings is 1. The smallest absolute Gasteiger partial charge is 0.321 e. The SMILES string of the molecule is Cc1c(F)cccc1NC(=O)N1CCC(CN2CC(COc3cnccn3)CC2=O)CC1. The maximum Gasteiger partial charge on any atom is 0.321 e. The first kappa shape index (κ1) is 22.0. The molecule has 4 rings (SSSR count). The van der Waals surface area contributed by atoms with Gasteiger partial charge in [-0.1, -0.05) is 6.07 Å². The van der Waals surface area contributed by atoms with Crippen LogP contribution in [0.3, 0.4) is 0 Å². The van der Waals surface area contributed by atoms with Gasteiger partial charge in [0.25, 0.3) is 0 Å². The Labute approximate surface area is 186 Å². The molecule has 2 aliphatic rings. The summed E-state index contributed by atoms with van der Waals surface area (Å²) in [4.78, 5) is 36.7. The summed E-state index contributed by atoms with van der Waals surface area (Å²) in [6.45, 7) is 4.71. The van der Waals surface area contributed by atoms with Crippen molar-refractivity contribution in [2.45, 2.75) is 26.2 Å². The molecular weight excluding hydrogens is 413 g/mol. The van der Waals surface area contributed by atoms with Crippen LogP contribution < -0.4 is 10.1 Å². The third-order valence-corrected chi connectivity index (χ3v) is 6.19. The fourth-order valence-corrected chi connectivity index (χ4v) is 4.27. The molecule has 2 aliphatic heterocycles. The first-order valence-electron chi connectivity index (χ1n) is 11.0. The van der Waals surface area contributed by atoms with Gasteiger partial charge in [-0.2, -0.15) is 0 Å². The first-order valence-corrected chi connectivity index (χ1v) is 11.0. The molecule has 170 valence electrons. The number of nitrogens with zero attached hydrogens (tertiary/aromatic N) is 4. The van der Waals surface area contributed by atoms with Crippen LogP contribution in [-0.4, -0.2) is 64.5 Å². The van der Waals surface area contributed by atoms with Crippen molar-refractivity contribution < 1.29 is 18.7 Å². The Hall–Kier alpha value is -3.23. The summed E-state index contributed by atoms with van der Waals surface area (Å²) in [6, 6.07) is 4.45. The van der Waals surface area contributed by atoms with Crippen molar-refractivity contribution in [3.63, 3.8) is 0 Å². The Morgan fingerprint density at radius 2 is 2.06 bits per heavy atom. The number of halogens is 1. The predicted molar refractivity (Wildman–Crippen MR) is 117 cm³/mol. The molecule has 0 spiro atoms. The van der Waals surface area contributed by atoms with E-state index in [1.165, 1.54) is 6.07 Å². The minimum Gasteiger partial charge on any atom is -0.476 e. The molecule has 2 fully saturated rings. The monoisotopic (exact) mass is 441 g/mol. The van der Waals surface area contributed by atoms with E-state index < -0.39 is 0 Å². The second kappa shape index (κ2) is 9.93. The van der Waals surface area contributed by atoms with Crippen molar-refractivity contribution in [3.8, 4) is 5.88 Å². The van der Waals surface area contributed by atoms with Gasteiger partial charge >= 0.3 is 6.03 Å². The van der Waals surface area contributed by atoms with Gasteiger partial charge in [0.1, 0.15) is 5.82 Å². The number of hydrogen-bond donors (Lipinski definition) is 1. The van der Waals surface area contributed by atoms with Crippen LogP contribution >= 0.6 is 0 Å². The van der Waals surface area contributed by atoms with Crippen molar-refractivity contribution in [2.24, 2.45) is 11.8 Å². The fourth-order valence-electron chi connectivity index (χ4n) is 4.27. The average molecular weight is 442 g/mol. The second-order valence-corrected chi connectivity index (χ2v) is 8.50. The number of urea groups is 1. The topological polar surface area (TPSA) is 87.7 Å². The molecule has 2 saturated heterocycles. The molecule has 1 atom stereocenters. The number of amides is 3. The highest BCUT2D eigenvalue weighted by atomic mass is 19.1. The molecular formula is C23H28FN5O3. The Kier molecular flexibility index (Phi) is 6.82. The van der Waals surface area contributed by atoms with Crippen LogP contribution in [0.4, 0.5) is 14.9 Å². The molecule has 1 unspecified atom stereocenters. The van der Waals surface area contributed by atoms with Crippen LogP contribution in [0.25, 0.3) is 0 Å². The number of hydrogen-bond acceptors (Lipinski definition) is 5. The van der Waals surface area contributed by atoms with Gasteiger partial charge in [0, 0.05) is 62.2 Å². The van der Waals surface area contributed by atoms with E-state index in [4.69, 9.17) is 4.74 Å². The first-order chi connectivity index (χ1) is 15.5. The molecule has 32 heavy (non-hydrogen) atoms. The minimum atomic E-state index is -0.336. The number of likely N-dealkylation sites (tertiary alicyclic amines) is 2. The molecule has 0 saturated carbocycles. The number of aromatic nitrogens is 2. The van der Waals surface area contributed by atoms with Crippen LogP contribution in [-0.2, 0) is 4.79 Å². The lowest BCUT2D eigenvalue weighted by Gasteiger charge is -2.34. The van der Waals surface area contributed by atoms with Gasteiger partial charge in [-0.15, -0.1) is 0 Å². The summed E-state index contributed by atoms with van der Waals surface area (Å²) in [7, 11) is 0. The van der Waals surface area contributed by atoms with Gasteiger partial charge in [0.15, 0.2) is 0 Å². The number of ether oxygens (including phenoxy) is 1. The number of rotatable bonds is 6. The quantitative estimate of drug-likeness (QED) is 0.744. The maximum absolute atomic E-state index is 13.7. The molecule has 3 heterocycles. The van der Waals surface area contributed by atoms with E-state index in [2.05, 4.69) is 15.3 Å². The summed E-state index contributed by atoms with van der Waals surface area (Å²) in [5.74, 6) is 0.789. The lowest BCUT2D eigenvalue weighted by atomic mass is 9.96. The standard InChI is InChI=1S/C23H28FN5O3/c1-16-19(24)3-2-4-20(16)27-23(31)28-9-5-17(6-10-28)13-29-14-18(11-22(29)30)15-32-21-12-25-7-8-26-21/h2-4,7-8,12,17-18H,5-6,9-11,13-15H2,1H3,(H,27,31). The van der Waals surface area contributed by atoms with Gasteiger partial charge in [-0.05, 0) is 37.8 Å². The van der Waals surface area contributed by atoms with Crippen molar-refractivity contribution >= 4 is 17.6 Å². The third-order valence-electron chi connectivity index (χ3n) is 6.19. The van der Waals surface area contributed by atoms with E-state index >= 15 is 0 Å². The summed E-state index contributed by atoms with van der Waals surface area (Å²) in [5, 5.41) is 2.81. The molecule has 1 N–H and O–H groups in total. The van der Waals surface area contributed by atoms with Gasteiger partial charge in [0.2, 0.25) is 11.8 Å². The van der Waals surface area contributed by atoms with Crippen LogP contribution in [0.2, 0.25) is 0 Å². The summed E-state index contributed by atoms with van der Waals surface area (Å²) in [5.41, 5.74) is 0.927. The fraction of sp³-hybridized carbons (Fsp3) is 0.478. The second-order valence-electron chi connectivity index (χ2n) is 8.50. The Morgan fingerprint density at radius 3 is 2.81 bits per heavy atom. The van der Waals surface area contributed by atoms with E-state index in [1.54, 1.807) is 42.5 Å². The van der Waals surface area contributed by atoms with Crippen molar-refractivity contribution in [1.82, 2.24) is 19.8 Å². The Bertz CT molecular complexity index is 950. The van der Waals surface area contributed by atoms with E-state index in [0.717, 1.165) is 12.8 Å². The molecule has 1 aromatic heterocycles. The van der Waals surface area contributed by atoms with E-state index in [9.17, 15) is 14.0 Å². The molecule has 2 aromatic rings. The minimum absolute atomic E-state index is 0.143. The highest BCUT2D eigenvalue weighted by molar-refractivity contribution is 5.90. The highest BCUT2D eigenvalue weighted by Gasteiger charge is 2.33. The Balaban J connectivity index is 1.21. The number of nitrogens with one attached hydrogen (secondary N) is 1. The van der Waals surface area contributed by atoms with Crippen LogP contribution in [0.5, 0.6) is 5.88 Å².